The van der Waals surface area contributed by atoms with E-state index in [-0.39, 0.29) is 27.4 Å². The topological polar surface area (TPSA) is 99.4 Å². The van der Waals surface area contributed by atoms with Crippen LogP contribution in [0.25, 0.3) is 0 Å². The van der Waals surface area contributed by atoms with Crippen LogP contribution in [0.1, 0.15) is 26.3 Å². The van der Waals surface area contributed by atoms with Crippen LogP contribution in [-0.4, -0.2) is 24.1 Å². The number of nitrogens with zero attached hydrogens (tertiary/aromatic N) is 1. The highest BCUT2D eigenvalue weighted by Gasteiger charge is 2.18. The third kappa shape index (κ3) is 3.50. The number of hydrogen-bond donors (Lipinski definition) is 2. The summed E-state index contributed by atoms with van der Waals surface area (Å²) in [6.07, 6.45) is 0. The number of hydrogen-bond acceptors (Lipinski definition) is 5. The van der Waals surface area contributed by atoms with Crippen molar-refractivity contribution in [2.45, 2.75) is 0 Å². The molecule has 0 spiro atoms. The molecular formula is C16H10BrClN2O4. The number of aromatic hydroxyl groups is 1. The maximum atomic E-state index is 12.4. The Morgan fingerprint density at radius 2 is 2.08 bits per heavy atom. The van der Waals surface area contributed by atoms with E-state index in [4.69, 9.17) is 16.9 Å². The van der Waals surface area contributed by atoms with E-state index < -0.39 is 17.6 Å². The van der Waals surface area contributed by atoms with Crippen molar-refractivity contribution in [1.29, 1.82) is 5.26 Å². The van der Waals surface area contributed by atoms with Crippen LogP contribution < -0.4 is 5.32 Å². The molecule has 0 unspecified atom stereocenters. The van der Waals surface area contributed by atoms with E-state index in [1.165, 1.54) is 25.3 Å². The predicted octanol–water partition coefficient (Wildman–Crippen LogP) is 3.72. The molecule has 0 aliphatic heterocycles. The highest BCUT2D eigenvalue weighted by Crippen LogP contribution is 2.31. The Bertz CT molecular complexity index is 877. The van der Waals surface area contributed by atoms with Gasteiger partial charge in [-0.1, -0.05) is 17.7 Å². The zero-order valence-electron chi connectivity index (χ0n) is 12.3. The summed E-state index contributed by atoms with van der Waals surface area (Å²) in [5.74, 6) is -1.77. The Morgan fingerprint density at radius 3 is 2.71 bits per heavy atom. The van der Waals surface area contributed by atoms with Gasteiger partial charge in [-0.15, -0.1) is 0 Å². The molecule has 122 valence electrons. The van der Waals surface area contributed by atoms with Gasteiger partial charge in [0, 0.05) is 4.47 Å². The normalized spacial score (nSPS) is 9.92. The molecule has 0 saturated carbocycles. The van der Waals surface area contributed by atoms with E-state index in [1.54, 1.807) is 18.2 Å². The van der Waals surface area contributed by atoms with Gasteiger partial charge in [-0.2, -0.15) is 5.26 Å². The van der Waals surface area contributed by atoms with Crippen molar-refractivity contribution in [1.82, 2.24) is 0 Å². The number of amides is 1. The first-order valence-electron chi connectivity index (χ1n) is 6.49. The van der Waals surface area contributed by atoms with Crippen LogP contribution in [0.4, 0.5) is 5.69 Å². The summed E-state index contributed by atoms with van der Waals surface area (Å²) in [4.78, 5) is 24.0. The molecule has 0 bridgehead atoms. The molecule has 0 radical (unpaired) electrons. The molecule has 2 aromatic rings. The van der Waals surface area contributed by atoms with Gasteiger partial charge in [0.25, 0.3) is 5.91 Å². The lowest BCUT2D eigenvalue weighted by Gasteiger charge is -2.11. The number of nitrogens with one attached hydrogen (secondary N) is 1. The average molecular weight is 410 g/mol. The van der Waals surface area contributed by atoms with Crippen molar-refractivity contribution in [3.8, 4) is 11.8 Å². The Morgan fingerprint density at radius 1 is 1.38 bits per heavy atom. The second-order valence-electron chi connectivity index (χ2n) is 4.58. The number of carbonyl (C=O) groups is 2. The summed E-state index contributed by atoms with van der Waals surface area (Å²) < 4.78 is 5.11. The highest BCUT2D eigenvalue weighted by molar-refractivity contribution is 9.10. The van der Waals surface area contributed by atoms with E-state index in [1.807, 2.05) is 0 Å². The lowest BCUT2D eigenvalue weighted by Crippen LogP contribution is -2.14. The van der Waals surface area contributed by atoms with Crippen LogP contribution in [0.2, 0.25) is 5.02 Å². The Balaban J connectivity index is 2.45. The Kier molecular flexibility index (Phi) is 5.44. The van der Waals surface area contributed by atoms with Gasteiger partial charge in [0.05, 0.1) is 34.5 Å². The standard InChI is InChI=1S/C16H10BrClN2O4/c1-24-16(23)8-5-9(7-19)14(21)12(6-8)20-15(22)10-3-2-4-11(17)13(10)18/h2-6,21H,1H3,(H,20,22). The van der Waals surface area contributed by atoms with Gasteiger partial charge in [-0.05, 0) is 40.2 Å². The first kappa shape index (κ1) is 17.8. The average Bonchev–Trinajstić information content (AvgIpc) is 2.58. The molecule has 0 heterocycles. The minimum Gasteiger partial charge on any atom is -0.504 e. The Labute approximate surface area is 150 Å². The summed E-state index contributed by atoms with van der Waals surface area (Å²) in [7, 11) is 1.18. The number of phenolic OH excluding ortho intramolecular Hbond substituents is 1. The van der Waals surface area contributed by atoms with Crippen molar-refractivity contribution >= 4 is 45.1 Å². The van der Waals surface area contributed by atoms with Gasteiger partial charge in [0.1, 0.15) is 6.07 Å². The molecule has 24 heavy (non-hydrogen) atoms. The van der Waals surface area contributed by atoms with Crippen molar-refractivity contribution in [3.05, 3.63) is 56.5 Å². The molecule has 0 saturated heterocycles. The molecule has 0 aromatic heterocycles. The maximum absolute atomic E-state index is 12.4. The minimum absolute atomic E-state index is 0.0162. The first-order chi connectivity index (χ1) is 11.4. The molecule has 2 aromatic carbocycles. The molecule has 0 aliphatic rings. The minimum atomic E-state index is -0.706. The summed E-state index contributed by atoms with van der Waals surface area (Å²) in [6, 6.07) is 8.91. The molecule has 0 atom stereocenters. The lowest BCUT2D eigenvalue weighted by molar-refractivity contribution is 0.0600. The number of carbonyl (C=O) groups excluding carboxylic acids is 2. The molecule has 0 fully saturated rings. The van der Waals surface area contributed by atoms with E-state index in [9.17, 15) is 14.7 Å². The number of esters is 1. The van der Waals surface area contributed by atoms with Crippen LogP contribution in [0.15, 0.2) is 34.8 Å². The molecule has 2 rings (SSSR count). The largest absolute Gasteiger partial charge is 0.504 e. The summed E-state index contributed by atoms with van der Waals surface area (Å²) >= 11 is 9.27. The first-order valence-corrected chi connectivity index (χ1v) is 7.67. The van der Waals surface area contributed by atoms with E-state index in [0.717, 1.165) is 0 Å². The van der Waals surface area contributed by atoms with Crippen LogP contribution >= 0.6 is 27.5 Å². The molecule has 2 N–H and O–H groups in total. The zero-order valence-corrected chi connectivity index (χ0v) is 14.6. The summed E-state index contributed by atoms with van der Waals surface area (Å²) in [5.41, 5.74) is -0.0982. The second kappa shape index (κ2) is 7.34. The third-order valence-electron chi connectivity index (χ3n) is 3.10. The van der Waals surface area contributed by atoms with Crippen molar-refractivity contribution in [3.63, 3.8) is 0 Å². The van der Waals surface area contributed by atoms with Gasteiger partial charge in [0.2, 0.25) is 0 Å². The molecule has 1 amide bonds. The second-order valence-corrected chi connectivity index (χ2v) is 5.81. The number of halogens is 2. The smallest absolute Gasteiger partial charge is 0.337 e. The zero-order chi connectivity index (χ0) is 17.9. The van der Waals surface area contributed by atoms with Crippen LogP contribution in [0.5, 0.6) is 5.75 Å². The van der Waals surface area contributed by atoms with Gasteiger partial charge in [-0.25, -0.2) is 4.79 Å². The molecular weight excluding hydrogens is 400 g/mol. The van der Waals surface area contributed by atoms with Gasteiger partial charge < -0.3 is 15.2 Å². The fourth-order valence-corrected chi connectivity index (χ4v) is 2.50. The highest BCUT2D eigenvalue weighted by atomic mass is 79.9. The van der Waals surface area contributed by atoms with Crippen molar-refractivity contribution < 1.29 is 19.4 Å². The summed E-state index contributed by atoms with van der Waals surface area (Å²) in [5, 5.41) is 21.7. The predicted molar refractivity (Wildman–Crippen MR) is 91.3 cm³/mol. The summed E-state index contributed by atoms with van der Waals surface area (Å²) in [6.45, 7) is 0. The van der Waals surface area contributed by atoms with Gasteiger partial charge in [-0.3, -0.25) is 4.79 Å². The number of phenols is 1. The number of rotatable bonds is 3. The number of benzene rings is 2. The van der Waals surface area contributed by atoms with Crippen LogP contribution in [0.3, 0.4) is 0 Å². The van der Waals surface area contributed by atoms with E-state index >= 15 is 0 Å². The number of anilines is 1. The van der Waals surface area contributed by atoms with Crippen molar-refractivity contribution in [2.24, 2.45) is 0 Å². The Hall–Kier alpha value is -2.56. The van der Waals surface area contributed by atoms with E-state index in [2.05, 4.69) is 26.0 Å². The number of methoxy groups -OCH3 is 1. The fraction of sp³-hybridized carbons (Fsp3) is 0.0625. The SMILES string of the molecule is COC(=O)c1cc(C#N)c(O)c(NC(=O)c2cccc(Br)c2Cl)c1. The number of nitriles is 1. The molecule has 8 heteroatoms. The quantitative estimate of drug-likeness (QED) is 0.594. The van der Waals surface area contributed by atoms with Crippen molar-refractivity contribution in [2.75, 3.05) is 12.4 Å². The number of ether oxygens (including phenoxy) is 1. The molecule has 6 nitrogen and oxygen atoms in total. The van der Waals surface area contributed by atoms with Gasteiger partial charge >= 0.3 is 5.97 Å². The maximum Gasteiger partial charge on any atom is 0.337 e. The van der Waals surface area contributed by atoms with Crippen LogP contribution in [-0.2, 0) is 4.74 Å². The third-order valence-corrected chi connectivity index (χ3v) is 4.39. The van der Waals surface area contributed by atoms with Gasteiger partial charge in [0.15, 0.2) is 5.75 Å². The molecule has 0 aliphatic carbocycles. The van der Waals surface area contributed by atoms with E-state index in [0.29, 0.717) is 4.47 Å². The van der Waals surface area contributed by atoms with Crippen LogP contribution in [0, 0.1) is 11.3 Å². The monoisotopic (exact) mass is 408 g/mol. The lowest BCUT2D eigenvalue weighted by atomic mass is 10.1. The fourth-order valence-electron chi connectivity index (χ4n) is 1.92.